The molecular formula is C25H21ClN4O2S. The summed E-state index contributed by atoms with van der Waals surface area (Å²) in [7, 11) is 0. The Bertz CT molecular complexity index is 1340. The van der Waals surface area contributed by atoms with Crippen molar-refractivity contribution < 1.29 is 9.32 Å². The molecule has 1 aliphatic heterocycles. The number of amides is 2. The highest BCUT2D eigenvalue weighted by atomic mass is 35.5. The molecule has 0 aliphatic carbocycles. The second-order valence-corrected chi connectivity index (χ2v) is 9.40. The van der Waals surface area contributed by atoms with Gasteiger partial charge in [0, 0.05) is 10.7 Å². The number of carbonyl (C=O) groups excluding carboxylic acids is 1. The molecule has 1 aliphatic rings. The van der Waals surface area contributed by atoms with Crippen LogP contribution in [0.25, 0.3) is 16.3 Å². The topological polar surface area (TPSA) is 71.3 Å². The van der Waals surface area contributed by atoms with Gasteiger partial charge in [-0.25, -0.2) is 4.79 Å². The van der Waals surface area contributed by atoms with Crippen molar-refractivity contribution >= 4 is 40.2 Å². The zero-order valence-corrected chi connectivity index (χ0v) is 19.9. The van der Waals surface area contributed by atoms with Crippen LogP contribution in [-0.2, 0) is 0 Å². The summed E-state index contributed by atoms with van der Waals surface area (Å²) in [5, 5.41) is 9.91. The average Bonchev–Trinajstić information content (AvgIpc) is 3.45. The minimum Gasteiger partial charge on any atom is -0.334 e. The number of halogens is 1. The van der Waals surface area contributed by atoms with Crippen molar-refractivity contribution in [2.75, 3.05) is 4.90 Å². The van der Waals surface area contributed by atoms with Crippen molar-refractivity contribution in [3.8, 4) is 10.7 Å². The van der Waals surface area contributed by atoms with Crippen molar-refractivity contribution in [2.24, 2.45) is 0 Å². The molecule has 0 bridgehead atoms. The smallest absolute Gasteiger partial charge is 0.326 e. The van der Waals surface area contributed by atoms with Crippen molar-refractivity contribution in [1.82, 2.24) is 15.5 Å². The molecule has 2 aromatic heterocycles. The zero-order valence-electron chi connectivity index (χ0n) is 18.3. The molecule has 2 aromatic carbocycles. The molecule has 3 heterocycles. The van der Waals surface area contributed by atoms with Gasteiger partial charge in [-0.15, -0.1) is 11.3 Å². The van der Waals surface area contributed by atoms with E-state index in [1.54, 1.807) is 28.4 Å². The van der Waals surface area contributed by atoms with Gasteiger partial charge in [-0.3, -0.25) is 4.90 Å². The lowest BCUT2D eigenvalue weighted by atomic mass is 9.94. The van der Waals surface area contributed by atoms with Gasteiger partial charge in [-0.1, -0.05) is 41.0 Å². The number of rotatable bonds is 4. The second-order valence-electron chi connectivity index (χ2n) is 8.01. The van der Waals surface area contributed by atoms with Gasteiger partial charge in [0.15, 0.2) is 0 Å². The minimum atomic E-state index is -0.464. The third kappa shape index (κ3) is 4.05. The van der Waals surface area contributed by atoms with E-state index in [-0.39, 0.29) is 6.03 Å². The van der Waals surface area contributed by atoms with Crippen LogP contribution in [0.5, 0.6) is 0 Å². The Hall–Kier alpha value is -3.42. The van der Waals surface area contributed by atoms with E-state index in [4.69, 9.17) is 16.1 Å². The third-order valence-electron chi connectivity index (χ3n) is 5.55. The Morgan fingerprint density at radius 1 is 1.06 bits per heavy atom. The lowest BCUT2D eigenvalue weighted by molar-refractivity contribution is 0.244. The number of aryl methyl sites for hydroxylation is 2. The Labute approximate surface area is 200 Å². The number of thiophene rings is 1. The van der Waals surface area contributed by atoms with Gasteiger partial charge in [-0.2, -0.15) is 4.98 Å². The van der Waals surface area contributed by atoms with Crippen molar-refractivity contribution in [2.45, 2.75) is 26.8 Å². The summed E-state index contributed by atoms with van der Waals surface area (Å²) in [4.78, 5) is 20.6. The maximum absolute atomic E-state index is 13.3. The van der Waals surface area contributed by atoms with E-state index >= 15 is 0 Å². The van der Waals surface area contributed by atoms with Gasteiger partial charge in [0.05, 0.1) is 22.2 Å². The minimum absolute atomic E-state index is 0.223. The number of aromatic nitrogens is 2. The summed E-state index contributed by atoms with van der Waals surface area (Å²) in [6, 6.07) is 16.6. The van der Waals surface area contributed by atoms with Gasteiger partial charge in [0.2, 0.25) is 5.82 Å². The van der Waals surface area contributed by atoms with E-state index in [0.717, 1.165) is 38.5 Å². The molecule has 4 aromatic rings. The molecule has 0 saturated carbocycles. The molecule has 33 heavy (non-hydrogen) atoms. The van der Waals surface area contributed by atoms with Crippen LogP contribution in [0.3, 0.4) is 0 Å². The van der Waals surface area contributed by atoms with Gasteiger partial charge >= 0.3 is 6.03 Å². The predicted octanol–water partition coefficient (Wildman–Crippen LogP) is 6.77. The molecule has 1 N–H and O–H groups in total. The van der Waals surface area contributed by atoms with Crippen LogP contribution in [0.1, 0.15) is 35.5 Å². The van der Waals surface area contributed by atoms with Gasteiger partial charge in [0.25, 0.3) is 5.89 Å². The fourth-order valence-corrected chi connectivity index (χ4v) is 4.93. The highest BCUT2D eigenvalue weighted by Gasteiger charge is 2.36. The van der Waals surface area contributed by atoms with Crippen molar-refractivity contribution in [1.29, 1.82) is 0 Å². The summed E-state index contributed by atoms with van der Waals surface area (Å²) in [6.45, 7) is 5.93. The van der Waals surface area contributed by atoms with E-state index in [0.29, 0.717) is 16.7 Å². The van der Waals surface area contributed by atoms with E-state index < -0.39 is 6.04 Å². The largest absolute Gasteiger partial charge is 0.334 e. The standard InChI is InChI=1S/C25H21ClN4O2S/c1-14-11-15(2)13-19(12-14)30-16(3)21(24-28-23(29-32-24)20-5-4-10-33-20)22(27-25(30)31)17-6-8-18(26)9-7-17/h4-13,22H,1-3H3,(H,27,31). The fraction of sp³-hybridized carbons (Fsp3) is 0.160. The molecule has 2 amide bonds. The van der Waals surface area contributed by atoms with Crippen LogP contribution in [0.15, 0.2) is 70.2 Å². The van der Waals surface area contributed by atoms with E-state index in [2.05, 4.69) is 21.5 Å². The molecular weight excluding hydrogens is 456 g/mol. The summed E-state index contributed by atoms with van der Waals surface area (Å²) in [5.41, 5.74) is 5.27. The first-order valence-corrected chi connectivity index (χ1v) is 11.7. The highest BCUT2D eigenvalue weighted by Crippen LogP contribution is 2.39. The van der Waals surface area contributed by atoms with Crippen LogP contribution in [0.2, 0.25) is 5.02 Å². The van der Waals surface area contributed by atoms with Gasteiger partial charge in [-0.05, 0) is 73.2 Å². The first-order valence-electron chi connectivity index (χ1n) is 10.4. The third-order valence-corrected chi connectivity index (χ3v) is 6.67. The molecule has 8 heteroatoms. The van der Waals surface area contributed by atoms with Crippen LogP contribution >= 0.6 is 22.9 Å². The van der Waals surface area contributed by atoms with Crippen LogP contribution in [0, 0.1) is 13.8 Å². The molecule has 0 spiro atoms. The average molecular weight is 477 g/mol. The second kappa shape index (κ2) is 8.50. The Morgan fingerprint density at radius 3 is 2.45 bits per heavy atom. The van der Waals surface area contributed by atoms with Crippen LogP contribution < -0.4 is 10.2 Å². The Balaban J connectivity index is 1.68. The van der Waals surface area contributed by atoms with E-state index in [9.17, 15) is 4.79 Å². The maximum atomic E-state index is 13.3. The molecule has 0 radical (unpaired) electrons. The first-order chi connectivity index (χ1) is 15.9. The van der Waals surface area contributed by atoms with E-state index in [1.807, 2.05) is 62.5 Å². The predicted molar refractivity (Wildman–Crippen MR) is 131 cm³/mol. The number of nitrogens with zero attached hydrogens (tertiary/aromatic N) is 3. The Kier molecular flexibility index (Phi) is 5.52. The molecule has 1 atom stereocenters. The normalized spacial score (nSPS) is 16.3. The number of allylic oxidation sites excluding steroid dienone is 1. The number of hydrogen-bond acceptors (Lipinski definition) is 5. The van der Waals surface area contributed by atoms with Gasteiger partial charge < -0.3 is 9.84 Å². The van der Waals surface area contributed by atoms with Gasteiger partial charge in [0.1, 0.15) is 0 Å². The van der Waals surface area contributed by atoms with E-state index in [1.165, 1.54) is 0 Å². The number of benzene rings is 2. The monoisotopic (exact) mass is 476 g/mol. The Morgan fingerprint density at radius 2 is 1.79 bits per heavy atom. The number of nitrogens with one attached hydrogen (secondary N) is 1. The lowest BCUT2D eigenvalue weighted by Gasteiger charge is -2.35. The molecule has 0 saturated heterocycles. The van der Waals surface area contributed by atoms with Crippen LogP contribution in [-0.4, -0.2) is 16.2 Å². The quantitative estimate of drug-likeness (QED) is 0.352. The summed E-state index contributed by atoms with van der Waals surface area (Å²) in [5.74, 6) is 0.884. The van der Waals surface area contributed by atoms with Crippen molar-refractivity contribution in [3.63, 3.8) is 0 Å². The number of hydrogen-bond donors (Lipinski definition) is 1. The summed E-state index contributed by atoms with van der Waals surface area (Å²) < 4.78 is 5.72. The SMILES string of the molecule is CC1=C(c2nc(-c3cccs3)no2)C(c2ccc(Cl)cc2)NC(=O)N1c1cc(C)cc(C)c1. The zero-order chi connectivity index (χ0) is 23.1. The maximum Gasteiger partial charge on any atom is 0.326 e. The molecule has 166 valence electrons. The van der Waals surface area contributed by atoms with Crippen LogP contribution in [0.4, 0.5) is 10.5 Å². The van der Waals surface area contributed by atoms with Crippen molar-refractivity contribution in [3.05, 3.63) is 93.3 Å². The molecule has 6 nitrogen and oxygen atoms in total. The summed E-state index contributed by atoms with van der Waals surface area (Å²) in [6.07, 6.45) is 0. The summed E-state index contributed by atoms with van der Waals surface area (Å²) >= 11 is 7.65. The molecule has 0 fully saturated rings. The molecule has 1 unspecified atom stereocenters. The highest BCUT2D eigenvalue weighted by molar-refractivity contribution is 7.13. The number of carbonyl (C=O) groups is 1. The number of urea groups is 1. The lowest BCUT2D eigenvalue weighted by Crippen LogP contribution is -2.46. The molecule has 5 rings (SSSR count). The number of anilines is 1. The first kappa shape index (κ1) is 21.4. The fourth-order valence-electron chi connectivity index (χ4n) is 4.15.